The zero-order valence-electron chi connectivity index (χ0n) is 8.03. The molecule has 82 valence electrons. The zero-order chi connectivity index (χ0) is 11.1. The minimum Gasteiger partial charge on any atom is -0.490 e. The summed E-state index contributed by atoms with van der Waals surface area (Å²) < 4.78 is 32.3. The van der Waals surface area contributed by atoms with Gasteiger partial charge in [-0.3, -0.25) is 0 Å². The van der Waals surface area contributed by atoms with E-state index in [4.69, 9.17) is 4.74 Å². The Balaban J connectivity index is 2.58. The normalized spacial score (nSPS) is 23.7. The predicted octanol–water partition coefficient (Wildman–Crippen LogP) is 1.51. The third-order valence-electron chi connectivity index (χ3n) is 2.04. The Labute approximate surface area is 96.8 Å². The highest BCUT2D eigenvalue weighted by molar-refractivity contribution is 9.10. The first-order valence-electron chi connectivity index (χ1n) is 4.44. The highest BCUT2D eigenvalue weighted by Crippen LogP contribution is 2.29. The van der Waals surface area contributed by atoms with Crippen LogP contribution in [0.2, 0.25) is 0 Å². The van der Waals surface area contributed by atoms with Crippen molar-refractivity contribution < 1.29 is 13.2 Å². The summed E-state index contributed by atoms with van der Waals surface area (Å²) in [5.74, 6) is 0.390. The van der Waals surface area contributed by atoms with Gasteiger partial charge < -0.3 is 4.74 Å². The lowest BCUT2D eigenvalue weighted by molar-refractivity contribution is 0.288. The molecule has 4 nitrogen and oxygen atoms in total. The van der Waals surface area contributed by atoms with Gasteiger partial charge in [-0.25, -0.2) is 13.1 Å². The molecule has 1 aromatic rings. The van der Waals surface area contributed by atoms with E-state index in [0.29, 0.717) is 12.4 Å². The average Bonchev–Trinajstić information content (AvgIpc) is 2.23. The first kappa shape index (κ1) is 10.9. The van der Waals surface area contributed by atoms with Crippen LogP contribution in [0.25, 0.3) is 0 Å². The summed E-state index contributed by atoms with van der Waals surface area (Å²) in [4.78, 5) is 0.190. The van der Waals surface area contributed by atoms with Gasteiger partial charge in [0.2, 0.25) is 10.0 Å². The van der Waals surface area contributed by atoms with Crippen LogP contribution in [0.15, 0.2) is 27.6 Å². The quantitative estimate of drug-likeness (QED) is 0.788. The molecular weight excluding hydrogens is 282 g/mol. The molecule has 0 fully saturated rings. The first-order valence-corrected chi connectivity index (χ1v) is 6.71. The third-order valence-corrected chi connectivity index (χ3v) is 4.16. The molecule has 0 saturated heterocycles. The Hall–Kier alpha value is -0.590. The van der Waals surface area contributed by atoms with E-state index in [9.17, 15) is 8.42 Å². The Kier molecular flexibility index (Phi) is 2.74. The lowest BCUT2D eigenvalue weighted by Gasteiger charge is -2.06. The molecule has 0 saturated carbocycles. The van der Waals surface area contributed by atoms with E-state index >= 15 is 0 Å². The van der Waals surface area contributed by atoms with E-state index in [2.05, 4.69) is 20.7 Å². The minimum atomic E-state index is -3.44. The first-order chi connectivity index (χ1) is 6.99. The largest absolute Gasteiger partial charge is 0.490 e. The van der Waals surface area contributed by atoms with E-state index < -0.39 is 10.0 Å². The number of benzene rings is 1. The molecule has 1 aliphatic rings. The lowest BCUT2D eigenvalue weighted by atomic mass is 10.3. The van der Waals surface area contributed by atoms with E-state index in [1.54, 1.807) is 19.1 Å². The summed E-state index contributed by atoms with van der Waals surface area (Å²) in [6.07, 6.45) is 0. The van der Waals surface area contributed by atoms with Crippen LogP contribution in [-0.2, 0) is 10.0 Å². The lowest BCUT2D eigenvalue weighted by Crippen LogP contribution is -2.33. The Morgan fingerprint density at radius 2 is 2.27 bits per heavy atom. The van der Waals surface area contributed by atoms with E-state index in [1.165, 1.54) is 6.07 Å². The molecule has 0 amide bonds. The molecule has 0 aromatic heterocycles. The van der Waals surface area contributed by atoms with Gasteiger partial charge in [0.1, 0.15) is 17.3 Å². The fourth-order valence-electron chi connectivity index (χ4n) is 1.39. The smallest absolute Gasteiger partial charge is 0.244 e. The molecule has 6 heteroatoms. The number of ether oxygens (including phenoxy) is 1. The Morgan fingerprint density at radius 3 is 3.00 bits per heavy atom. The number of hydrogen-bond donors (Lipinski definition) is 1. The number of fused-ring (bicyclic) bond motifs is 1. The topological polar surface area (TPSA) is 55.4 Å². The molecule has 0 aliphatic carbocycles. The van der Waals surface area contributed by atoms with Crippen molar-refractivity contribution in [3.05, 3.63) is 22.7 Å². The van der Waals surface area contributed by atoms with Crippen LogP contribution < -0.4 is 9.46 Å². The molecule has 1 aliphatic heterocycles. The minimum absolute atomic E-state index is 0.190. The maximum absolute atomic E-state index is 11.8. The molecule has 1 atom stereocenters. The van der Waals surface area contributed by atoms with Crippen molar-refractivity contribution in [3.63, 3.8) is 0 Å². The molecule has 0 unspecified atom stereocenters. The van der Waals surface area contributed by atoms with Crippen LogP contribution in [-0.4, -0.2) is 21.1 Å². The summed E-state index contributed by atoms with van der Waals surface area (Å²) >= 11 is 3.27. The molecule has 0 radical (unpaired) electrons. The molecule has 0 spiro atoms. The number of halogens is 1. The number of sulfonamides is 1. The standard InChI is InChI=1S/C9H10BrNO3S/c1-6-5-14-8-4-7(10)2-3-9(8)15(12,13)11-6/h2-4,6,11H,5H2,1H3/t6-/m1/s1. The molecule has 2 rings (SSSR count). The Morgan fingerprint density at radius 1 is 1.53 bits per heavy atom. The van der Waals surface area contributed by atoms with Gasteiger partial charge in [0, 0.05) is 4.47 Å². The highest BCUT2D eigenvalue weighted by atomic mass is 79.9. The van der Waals surface area contributed by atoms with Crippen molar-refractivity contribution in [3.8, 4) is 5.75 Å². The predicted molar refractivity (Wildman–Crippen MR) is 59.4 cm³/mol. The van der Waals surface area contributed by atoms with Gasteiger partial charge in [0.25, 0.3) is 0 Å². The van der Waals surface area contributed by atoms with Gasteiger partial charge in [-0.2, -0.15) is 0 Å². The van der Waals surface area contributed by atoms with Crippen LogP contribution in [0.5, 0.6) is 5.75 Å². The van der Waals surface area contributed by atoms with Crippen molar-refractivity contribution in [1.82, 2.24) is 4.72 Å². The molecule has 1 aromatic carbocycles. The fraction of sp³-hybridized carbons (Fsp3) is 0.333. The number of hydrogen-bond acceptors (Lipinski definition) is 3. The average molecular weight is 292 g/mol. The van der Waals surface area contributed by atoms with Crippen LogP contribution >= 0.6 is 15.9 Å². The van der Waals surface area contributed by atoms with Gasteiger partial charge in [0.15, 0.2) is 0 Å². The van der Waals surface area contributed by atoms with Crippen LogP contribution in [0.3, 0.4) is 0 Å². The van der Waals surface area contributed by atoms with Crippen molar-refractivity contribution in [2.24, 2.45) is 0 Å². The van der Waals surface area contributed by atoms with Crippen molar-refractivity contribution in [2.45, 2.75) is 17.9 Å². The SMILES string of the molecule is C[C@@H]1COc2cc(Br)ccc2S(=O)(=O)N1. The second kappa shape index (κ2) is 3.77. The van der Waals surface area contributed by atoms with Gasteiger partial charge in [-0.15, -0.1) is 0 Å². The summed E-state index contributed by atoms with van der Waals surface area (Å²) in [5, 5.41) is 0. The highest BCUT2D eigenvalue weighted by Gasteiger charge is 2.25. The summed E-state index contributed by atoms with van der Waals surface area (Å²) in [7, 11) is -3.44. The summed E-state index contributed by atoms with van der Waals surface area (Å²) in [6.45, 7) is 2.10. The summed E-state index contributed by atoms with van der Waals surface area (Å²) in [6, 6.07) is 4.64. The van der Waals surface area contributed by atoms with Gasteiger partial charge >= 0.3 is 0 Å². The van der Waals surface area contributed by atoms with E-state index in [-0.39, 0.29) is 10.9 Å². The molecule has 1 N–H and O–H groups in total. The number of nitrogens with one attached hydrogen (secondary N) is 1. The maximum atomic E-state index is 11.8. The van der Waals surface area contributed by atoms with Crippen molar-refractivity contribution >= 4 is 26.0 Å². The molecular formula is C9H10BrNO3S. The second-order valence-electron chi connectivity index (χ2n) is 3.42. The van der Waals surface area contributed by atoms with E-state index in [1.807, 2.05) is 0 Å². The second-order valence-corrected chi connectivity index (χ2v) is 6.02. The monoisotopic (exact) mass is 291 g/mol. The summed E-state index contributed by atoms with van der Waals surface area (Å²) in [5.41, 5.74) is 0. The third kappa shape index (κ3) is 2.16. The van der Waals surface area contributed by atoms with Crippen molar-refractivity contribution in [2.75, 3.05) is 6.61 Å². The van der Waals surface area contributed by atoms with Gasteiger partial charge in [-0.05, 0) is 25.1 Å². The molecule has 0 bridgehead atoms. The molecule has 1 heterocycles. The van der Waals surface area contributed by atoms with Crippen LogP contribution in [0.4, 0.5) is 0 Å². The molecule has 15 heavy (non-hydrogen) atoms. The number of rotatable bonds is 0. The zero-order valence-corrected chi connectivity index (χ0v) is 10.4. The van der Waals surface area contributed by atoms with Crippen LogP contribution in [0.1, 0.15) is 6.92 Å². The van der Waals surface area contributed by atoms with Gasteiger partial charge in [0.05, 0.1) is 6.04 Å². The van der Waals surface area contributed by atoms with E-state index in [0.717, 1.165) is 4.47 Å². The van der Waals surface area contributed by atoms with Crippen LogP contribution in [0, 0.1) is 0 Å². The maximum Gasteiger partial charge on any atom is 0.244 e. The van der Waals surface area contributed by atoms with Gasteiger partial charge in [-0.1, -0.05) is 15.9 Å². The Bertz CT molecular complexity index is 486. The fourth-order valence-corrected chi connectivity index (χ4v) is 3.09. The van der Waals surface area contributed by atoms with Crippen molar-refractivity contribution in [1.29, 1.82) is 0 Å².